The van der Waals surface area contributed by atoms with Crippen LogP contribution in [0.5, 0.6) is 0 Å². The summed E-state index contributed by atoms with van der Waals surface area (Å²) in [6.45, 7) is 1.61. The number of ether oxygens (including phenoxy) is 1. The summed E-state index contributed by atoms with van der Waals surface area (Å²) in [5.74, 6) is -4.58. The number of amides is 1. The quantitative estimate of drug-likeness (QED) is 0.199. The number of benzene rings is 1. The van der Waals surface area contributed by atoms with E-state index in [1.807, 2.05) is 0 Å². The molecule has 1 aromatic rings. The Morgan fingerprint density at radius 3 is 2.48 bits per heavy atom. The molecule has 0 saturated heterocycles. The molecule has 0 aliphatic rings. The second-order valence-electron chi connectivity index (χ2n) is 5.09. The van der Waals surface area contributed by atoms with Crippen LogP contribution in [0.3, 0.4) is 0 Å². The van der Waals surface area contributed by atoms with Gasteiger partial charge < -0.3 is 20.4 Å². The SMILES string of the molecule is CCOC(=O)C(/C=N/O)C(=O)NCC(CC(=O)O)c1ccc(Cl)cc1. The van der Waals surface area contributed by atoms with Crippen LogP contribution in [0.4, 0.5) is 0 Å². The third-order valence-electron chi connectivity index (χ3n) is 3.32. The molecular weight excluding hydrogens is 352 g/mol. The zero-order valence-electron chi connectivity index (χ0n) is 13.5. The van der Waals surface area contributed by atoms with Crippen molar-refractivity contribution in [2.24, 2.45) is 11.1 Å². The molecule has 0 aromatic heterocycles. The Hall–Kier alpha value is -2.61. The highest BCUT2D eigenvalue weighted by Gasteiger charge is 2.27. The first kappa shape index (κ1) is 20.4. The lowest BCUT2D eigenvalue weighted by Gasteiger charge is -2.18. The predicted octanol–water partition coefficient (Wildman–Crippen LogP) is 1.65. The van der Waals surface area contributed by atoms with Gasteiger partial charge in [-0.25, -0.2) is 0 Å². The number of rotatable bonds is 9. The molecule has 136 valence electrons. The minimum atomic E-state index is -1.42. The van der Waals surface area contributed by atoms with Crippen LogP contribution < -0.4 is 5.32 Å². The number of carbonyl (C=O) groups is 3. The van der Waals surface area contributed by atoms with Crippen molar-refractivity contribution >= 4 is 35.7 Å². The fourth-order valence-electron chi connectivity index (χ4n) is 2.12. The van der Waals surface area contributed by atoms with Crippen molar-refractivity contribution in [3.05, 3.63) is 34.9 Å². The number of carboxylic acids is 1. The van der Waals surface area contributed by atoms with Gasteiger partial charge in [-0.3, -0.25) is 14.4 Å². The number of carboxylic acid groups (broad SMARTS) is 1. The van der Waals surface area contributed by atoms with Gasteiger partial charge in [0.15, 0.2) is 5.92 Å². The lowest BCUT2D eigenvalue weighted by atomic mass is 9.95. The van der Waals surface area contributed by atoms with Crippen LogP contribution in [0.15, 0.2) is 29.4 Å². The van der Waals surface area contributed by atoms with Crippen LogP contribution in [0.1, 0.15) is 24.8 Å². The van der Waals surface area contributed by atoms with E-state index in [2.05, 4.69) is 10.5 Å². The van der Waals surface area contributed by atoms with Gasteiger partial charge in [0.2, 0.25) is 5.91 Å². The van der Waals surface area contributed by atoms with Gasteiger partial charge in [-0.2, -0.15) is 0 Å². The lowest BCUT2D eigenvalue weighted by Crippen LogP contribution is -2.39. The Morgan fingerprint density at radius 1 is 1.32 bits per heavy atom. The van der Waals surface area contributed by atoms with Crippen molar-refractivity contribution in [3.63, 3.8) is 0 Å². The van der Waals surface area contributed by atoms with E-state index in [4.69, 9.17) is 26.7 Å². The standard InChI is InChI=1S/C16H19ClN2O6/c1-2-25-16(23)13(9-19-24)15(22)18-8-11(7-14(20)21)10-3-5-12(17)6-4-10/h3-6,9,11,13,24H,2,7-8H2,1H3,(H,18,22)(H,20,21)/b19-9+. The predicted molar refractivity (Wildman–Crippen MR) is 89.9 cm³/mol. The zero-order valence-corrected chi connectivity index (χ0v) is 14.3. The summed E-state index contributed by atoms with van der Waals surface area (Å²) in [5.41, 5.74) is 0.676. The van der Waals surface area contributed by atoms with E-state index in [1.165, 1.54) is 0 Å². The van der Waals surface area contributed by atoms with E-state index in [0.29, 0.717) is 10.6 Å². The minimum absolute atomic E-state index is 0.0259. The normalized spacial score (nSPS) is 13.2. The molecule has 0 radical (unpaired) electrons. The molecule has 0 fully saturated rings. The smallest absolute Gasteiger partial charge is 0.324 e. The third kappa shape index (κ3) is 6.80. The second kappa shape index (κ2) is 10.3. The summed E-state index contributed by atoms with van der Waals surface area (Å²) in [5, 5.41) is 23.3. The molecule has 9 heteroatoms. The lowest BCUT2D eigenvalue weighted by molar-refractivity contribution is -0.149. The van der Waals surface area contributed by atoms with Crippen molar-refractivity contribution in [3.8, 4) is 0 Å². The van der Waals surface area contributed by atoms with Crippen LogP contribution in [0, 0.1) is 5.92 Å². The molecule has 0 spiro atoms. The summed E-state index contributed by atoms with van der Waals surface area (Å²) in [4.78, 5) is 34.9. The molecule has 8 nitrogen and oxygen atoms in total. The van der Waals surface area contributed by atoms with Crippen molar-refractivity contribution in [2.75, 3.05) is 13.2 Å². The maximum Gasteiger partial charge on any atom is 0.324 e. The molecule has 1 amide bonds. The first-order valence-electron chi connectivity index (χ1n) is 7.48. The summed E-state index contributed by atoms with van der Waals surface area (Å²) in [6.07, 6.45) is 0.530. The molecule has 0 saturated carbocycles. The summed E-state index contributed by atoms with van der Waals surface area (Å²) >= 11 is 5.81. The average molecular weight is 371 g/mol. The number of nitrogens with zero attached hydrogens (tertiary/aromatic N) is 1. The monoisotopic (exact) mass is 370 g/mol. The number of oxime groups is 1. The maximum absolute atomic E-state index is 12.1. The van der Waals surface area contributed by atoms with E-state index in [9.17, 15) is 14.4 Å². The molecule has 25 heavy (non-hydrogen) atoms. The number of hydrogen-bond acceptors (Lipinski definition) is 6. The molecule has 1 aromatic carbocycles. The topological polar surface area (TPSA) is 125 Å². The van der Waals surface area contributed by atoms with E-state index in [-0.39, 0.29) is 19.6 Å². The van der Waals surface area contributed by atoms with Gasteiger partial charge in [0, 0.05) is 17.5 Å². The van der Waals surface area contributed by atoms with Gasteiger partial charge in [0.05, 0.1) is 19.2 Å². The number of carbonyl (C=O) groups excluding carboxylic acids is 2. The van der Waals surface area contributed by atoms with E-state index in [1.54, 1.807) is 31.2 Å². The van der Waals surface area contributed by atoms with Gasteiger partial charge in [-0.15, -0.1) is 5.16 Å². The highest BCUT2D eigenvalue weighted by atomic mass is 35.5. The van der Waals surface area contributed by atoms with Gasteiger partial charge >= 0.3 is 11.9 Å². The first-order chi connectivity index (χ1) is 11.9. The van der Waals surface area contributed by atoms with Crippen molar-refractivity contribution < 1.29 is 29.4 Å². The summed E-state index contributed by atoms with van der Waals surface area (Å²) < 4.78 is 4.74. The van der Waals surface area contributed by atoms with Crippen LogP contribution in [-0.4, -0.2) is 47.5 Å². The van der Waals surface area contributed by atoms with Crippen molar-refractivity contribution in [1.82, 2.24) is 5.32 Å². The Morgan fingerprint density at radius 2 is 1.96 bits per heavy atom. The Kier molecular flexibility index (Phi) is 8.42. The molecule has 2 unspecified atom stereocenters. The van der Waals surface area contributed by atoms with E-state index < -0.39 is 29.7 Å². The molecule has 1 rings (SSSR count). The number of aliphatic carboxylic acids is 1. The number of nitrogens with one attached hydrogen (secondary N) is 1. The largest absolute Gasteiger partial charge is 0.481 e. The molecule has 2 atom stereocenters. The van der Waals surface area contributed by atoms with Crippen molar-refractivity contribution in [2.45, 2.75) is 19.3 Å². The Bertz CT molecular complexity index is 632. The average Bonchev–Trinajstić information content (AvgIpc) is 2.56. The number of halogens is 1. The van der Waals surface area contributed by atoms with Gasteiger partial charge in [0.1, 0.15) is 0 Å². The molecule has 0 aliphatic carbocycles. The van der Waals surface area contributed by atoms with Gasteiger partial charge in [-0.1, -0.05) is 23.7 Å². The van der Waals surface area contributed by atoms with Crippen LogP contribution >= 0.6 is 11.6 Å². The first-order valence-corrected chi connectivity index (χ1v) is 7.86. The number of hydrogen-bond donors (Lipinski definition) is 3. The van der Waals surface area contributed by atoms with Gasteiger partial charge in [0.25, 0.3) is 0 Å². The van der Waals surface area contributed by atoms with Crippen molar-refractivity contribution in [1.29, 1.82) is 0 Å². The Labute approximate surface area is 149 Å². The summed E-state index contributed by atoms with van der Waals surface area (Å²) in [7, 11) is 0. The Balaban J connectivity index is 2.83. The maximum atomic E-state index is 12.1. The third-order valence-corrected chi connectivity index (χ3v) is 3.58. The highest BCUT2D eigenvalue weighted by molar-refractivity contribution is 6.30. The fourth-order valence-corrected chi connectivity index (χ4v) is 2.25. The van der Waals surface area contributed by atoms with Gasteiger partial charge in [-0.05, 0) is 24.6 Å². The number of esters is 1. The molecule has 3 N–H and O–H groups in total. The molecular formula is C16H19ClN2O6. The zero-order chi connectivity index (χ0) is 18.8. The molecule has 0 heterocycles. The minimum Gasteiger partial charge on any atom is -0.481 e. The van der Waals surface area contributed by atoms with Crippen LogP contribution in [-0.2, 0) is 19.1 Å². The molecule has 0 bridgehead atoms. The fraction of sp³-hybridized carbons (Fsp3) is 0.375. The van der Waals surface area contributed by atoms with E-state index >= 15 is 0 Å². The van der Waals surface area contributed by atoms with E-state index in [0.717, 1.165) is 6.21 Å². The highest BCUT2D eigenvalue weighted by Crippen LogP contribution is 2.21. The molecule has 0 aliphatic heterocycles. The van der Waals surface area contributed by atoms with Crippen LogP contribution in [0.2, 0.25) is 5.02 Å². The second-order valence-corrected chi connectivity index (χ2v) is 5.52. The van der Waals surface area contributed by atoms with Crippen LogP contribution in [0.25, 0.3) is 0 Å². The summed E-state index contributed by atoms with van der Waals surface area (Å²) in [6, 6.07) is 6.57.